The molecule has 0 saturated carbocycles. The molecule has 3 saturated heterocycles. The minimum atomic E-state index is 0.0509. The first kappa shape index (κ1) is 27.4. The number of carbonyl (C=O) groups excluding carboxylic acids is 3. The van der Waals surface area contributed by atoms with E-state index in [1.54, 1.807) is 0 Å². The molecular weight excluding hydrogens is 366 g/mol. The van der Waals surface area contributed by atoms with Crippen LogP contribution >= 0.6 is 0 Å². The van der Waals surface area contributed by atoms with Gasteiger partial charge in [0.25, 0.3) is 0 Å². The van der Waals surface area contributed by atoms with Crippen LogP contribution < -0.4 is 5.32 Å². The number of amides is 3. The molecule has 3 rings (SSSR count). The number of carbonyl (C=O) groups is 3. The van der Waals surface area contributed by atoms with Gasteiger partial charge in [0.05, 0.1) is 0 Å². The first-order valence-electron chi connectivity index (χ1n) is 11.2. The third-order valence-corrected chi connectivity index (χ3v) is 4.55. The van der Waals surface area contributed by atoms with Crippen LogP contribution in [0.25, 0.3) is 0 Å². The lowest BCUT2D eigenvalue weighted by Gasteiger charge is -2.42. The van der Waals surface area contributed by atoms with E-state index in [1.165, 1.54) is 0 Å². The summed E-state index contributed by atoms with van der Waals surface area (Å²) in [5.74, 6) is 1.67. The summed E-state index contributed by atoms with van der Waals surface area (Å²) >= 11 is 0. The number of hydrogen-bond acceptors (Lipinski definition) is 3. The summed E-state index contributed by atoms with van der Waals surface area (Å²) in [6.45, 7) is 19.6. The molecule has 0 atom stereocenters. The lowest BCUT2D eigenvalue weighted by atomic mass is 10.0. The van der Waals surface area contributed by atoms with Crippen molar-refractivity contribution in [3.05, 3.63) is 0 Å². The highest BCUT2D eigenvalue weighted by atomic mass is 16.2. The van der Waals surface area contributed by atoms with Gasteiger partial charge in [-0.2, -0.15) is 0 Å². The Balaban J connectivity index is 0.000000375. The lowest BCUT2D eigenvalue weighted by Crippen LogP contribution is -2.54. The van der Waals surface area contributed by atoms with Gasteiger partial charge in [-0.25, -0.2) is 0 Å². The second-order valence-corrected chi connectivity index (χ2v) is 9.79. The van der Waals surface area contributed by atoms with Crippen molar-refractivity contribution < 1.29 is 14.4 Å². The van der Waals surface area contributed by atoms with E-state index in [0.29, 0.717) is 17.9 Å². The molecule has 0 aromatic heterocycles. The minimum absolute atomic E-state index is 0.0509. The van der Waals surface area contributed by atoms with E-state index in [1.807, 2.05) is 9.80 Å². The summed E-state index contributed by atoms with van der Waals surface area (Å²) in [7, 11) is 0. The molecule has 0 aliphatic carbocycles. The van der Waals surface area contributed by atoms with Crippen LogP contribution in [0, 0.1) is 5.92 Å². The zero-order valence-electron chi connectivity index (χ0n) is 20.1. The molecule has 0 aromatic rings. The lowest BCUT2D eigenvalue weighted by molar-refractivity contribution is -0.146. The largest absolute Gasteiger partial charge is 0.356 e. The molecule has 29 heavy (non-hydrogen) atoms. The van der Waals surface area contributed by atoms with Gasteiger partial charge in [0.15, 0.2) is 0 Å². The molecule has 3 aliphatic heterocycles. The van der Waals surface area contributed by atoms with Gasteiger partial charge in [0.2, 0.25) is 17.7 Å². The Kier molecular flexibility index (Phi) is 12.9. The predicted molar refractivity (Wildman–Crippen MR) is 120 cm³/mol. The van der Waals surface area contributed by atoms with Crippen LogP contribution in [0.15, 0.2) is 0 Å². The van der Waals surface area contributed by atoms with Crippen LogP contribution in [0.3, 0.4) is 0 Å². The van der Waals surface area contributed by atoms with Gasteiger partial charge in [-0.05, 0) is 59.8 Å². The number of rotatable bonds is 1. The van der Waals surface area contributed by atoms with E-state index < -0.39 is 0 Å². The van der Waals surface area contributed by atoms with Crippen molar-refractivity contribution in [1.29, 1.82) is 0 Å². The van der Waals surface area contributed by atoms with E-state index in [2.05, 4.69) is 60.7 Å². The van der Waals surface area contributed by atoms with Crippen LogP contribution in [-0.2, 0) is 14.4 Å². The molecule has 3 heterocycles. The topological polar surface area (TPSA) is 69.7 Å². The van der Waals surface area contributed by atoms with Crippen molar-refractivity contribution in [3.8, 4) is 0 Å². The maximum atomic E-state index is 10.9. The molecular formula is C23H45N3O3. The van der Waals surface area contributed by atoms with E-state index >= 15 is 0 Å². The fraction of sp³-hybridized carbons (Fsp3) is 0.870. The van der Waals surface area contributed by atoms with Gasteiger partial charge in [-0.1, -0.05) is 20.8 Å². The highest BCUT2D eigenvalue weighted by Gasteiger charge is 2.32. The first-order valence-corrected chi connectivity index (χ1v) is 11.2. The summed E-state index contributed by atoms with van der Waals surface area (Å²) in [6, 6.07) is 0.403. The van der Waals surface area contributed by atoms with Crippen molar-refractivity contribution in [2.75, 3.05) is 19.6 Å². The van der Waals surface area contributed by atoms with E-state index in [9.17, 15) is 14.4 Å². The molecule has 0 bridgehead atoms. The molecule has 3 aliphatic rings. The highest BCUT2D eigenvalue weighted by Crippen LogP contribution is 2.21. The molecule has 170 valence electrons. The number of nitrogens with zero attached hydrogens (tertiary/aromatic N) is 2. The standard InChI is InChI=1S/2C7H13NO.C5H9NO.C4H10/c1-7(2,3)8-5-4-6(8)9;1-6(2)8-5-3-4-7(8)9;7-5-3-1-2-4-6-5;1-4(2)3/h4-5H2,1-3H3;6H,3-5H2,1-2H3;1-4H2,(H,6,7);4H,1-3H3. The smallest absolute Gasteiger partial charge is 0.224 e. The number of likely N-dealkylation sites (tertiary alicyclic amines) is 2. The molecule has 1 N–H and O–H groups in total. The van der Waals surface area contributed by atoms with Crippen LogP contribution in [0.4, 0.5) is 0 Å². The Labute approximate surface area is 178 Å². The quantitative estimate of drug-likeness (QED) is 0.664. The summed E-state index contributed by atoms with van der Waals surface area (Å²) in [4.78, 5) is 35.9. The molecule has 3 amide bonds. The molecule has 0 aromatic carbocycles. The van der Waals surface area contributed by atoms with E-state index in [4.69, 9.17) is 0 Å². The summed E-state index contributed by atoms with van der Waals surface area (Å²) < 4.78 is 0. The summed E-state index contributed by atoms with van der Waals surface area (Å²) in [6.07, 6.45) is 5.53. The number of nitrogens with one attached hydrogen (secondary N) is 1. The summed E-state index contributed by atoms with van der Waals surface area (Å²) in [5, 5.41) is 2.74. The Hall–Kier alpha value is -1.59. The van der Waals surface area contributed by atoms with Gasteiger partial charge in [0, 0.05) is 50.5 Å². The maximum Gasteiger partial charge on any atom is 0.224 e. The van der Waals surface area contributed by atoms with Crippen LogP contribution in [0.2, 0.25) is 0 Å². The van der Waals surface area contributed by atoms with Crippen LogP contribution in [0.5, 0.6) is 0 Å². The average molecular weight is 412 g/mol. The zero-order chi connectivity index (χ0) is 22.6. The highest BCUT2D eigenvalue weighted by molar-refractivity contribution is 5.82. The zero-order valence-corrected chi connectivity index (χ0v) is 20.1. The Bertz CT molecular complexity index is 499. The minimum Gasteiger partial charge on any atom is -0.356 e. The molecule has 3 fully saturated rings. The normalized spacial score (nSPS) is 18.8. The molecule has 6 heteroatoms. The third kappa shape index (κ3) is 12.6. The Morgan fingerprint density at radius 1 is 0.793 bits per heavy atom. The van der Waals surface area contributed by atoms with Crippen molar-refractivity contribution in [1.82, 2.24) is 15.1 Å². The molecule has 6 nitrogen and oxygen atoms in total. The maximum absolute atomic E-state index is 10.9. The average Bonchev–Trinajstić information content (AvgIpc) is 2.99. The SMILES string of the molecule is CC(C)(C)N1CCC1=O.CC(C)C.CC(C)N1CCCC1=O.O=C1CCCCN1. The molecule has 0 radical (unpaired) electrons. The second-order valence-electron chi connectivity index (χ2n) is 9.79. The number of hydrogen-bond donors (Lipinski definition) is 1. The van der Waals surface area contributed by atoms with Crippen molar-refractivity contribution >= 4 is 17.7 Å². The Morgan fingerprint density at radius 3 is 1.52 bits per heavy atom. The van der Waals surface area contributed by atoms with E-state index in [0.717, 1.165) is 64.1 Å². The number of piperidine rings is 1. The fourth-order valence-electron chi connectivity index (χ4n) is 2.97. The summed E-state index contributed by atoms with van der Waals surface area (Å²) in [5.41, 5.74) is 0.0509. The molecule has 0 unspecified atom stereocenters. The van der Waals surface area contributed by atoms with E-state index in [-0.39, 0.29) is 11.4 Å². The van der Waals surface area contributed by atoms with Gasteiger partial charge in [-0.3, -0.25) is 14.4 Å². The number of β-lactam (4-membered cyclic amide) rings is 1. The Morgan fingerprint density at radius 2 is 1.38 bits per heavy atom. The third-order valence-electron chi connectivity index (χ3n) is 4.55. The van der Waals surface area contributed by atoms with Crippen molar-refractivity contribution in [2.45, 2.75) is 105 Å². The predicted octanol–water partition coefficient (Wildman–Crippen LogP) is 3.98. The van der Waals surface area contributed by atoms with Crippen LogP contribution in [-0.4, -0.2) is 58.7 Å². The van der Waals surface area contributed by atoms with Crippen molar-refractivity contribution in [2.24, 2.45) is 5.92 Å². The van der Waals surface area contributed by atoms with Gasteiger partial charge in [0.1, 0.15) is 0 Å². The first-order chi connectivity index (χ1) is 13.4. The second kappa shape index (κ2) is 13.6. The monoisotopic (exact) mass is 411 g/mol. The van der Waals surface area contributed by atoms with Gasteiger partial charge in [-0.15, -0.1) is 0 Å². The van der Waals surface area contributed by atoms with Gasteiger partial charge >= 0.3 is 0 Å². The van der Waals surface area contributed by atoms with Crippen molar-refractivity contribution in [3.63, 3.8) is 0 Å². The fourth-order valence-corrected chi connectivity index (χ4v) is 2.97. The van der Waals surface area contributed by atoms with Crippen LogP contribution in [0.1, 0.15) is 93.9 Å². The molecule has 0 spiro atoms. The van der Waals surface area contributed by atoms with Gasteiger partial charge < -0.3 is 15.1 Å².